The number of hydrogen-bond acceptors (Lipinski definition) is 3. The number of rotatable bonds is 6. The molecule has 0 radical (unpaired) electrons. The van der Waals surface area contributed by atoms with Crippen LogP contribution in [0.25, 0.3) is 0 Å². The van der Waals surface area contributed by atoms with Crippen LogP contribution < -0.4 is 10.1 Å². The van der Waals surface area contributed by atoms with Crippen LogP contribution in [0.3, 0.4) is 0 Å². The number of nitrogens with one attached hydrogen (secondary N) is 1. The summed E-state index contributed by atoms with van der Waals surface area (Å²) in [5, 5.41) is 3.57. The molecule has 0 bridgehead atoms. The van der Waals surface area contributed by atoms with Crippen molar-refractivity contribution in [1.29, 1.82) is 0 Å². The number of likely N-dealkylation sites (N-methyl/N-ethyl adjacent to an activating group) is 1. The molecule has 1 atom stereocenters. The molecule has 1 aromatic carbocycles. The van der Waals surface area contributed by atoms with Crippen LogP contribution in [0.1, 0.15) is 43.6 Å². The molecule has 0 spiro atoms. The second-order valence-electron chi connectivity index (χ2n) is 7.60. The van der Waals surface area contributed by atoms with Crippen molar-refractivity contribution in [2.75, 3.05) is 47.4 Å². The molecule has 1 saturated carbocycles. The van der Waals surface area contributed by atoms with Gasteiger partial charge in [-0.2, -0.15) is 0 Å². The van der Waals surface area contributed by atoms with E-state index in [4.69, 9.17) is 4.74 Å². The highest BCUT2D eigenvalue weighted by atomic mass is 16.5. The summed E-state index contributed by atoms with van der Waals surface area (Å²) >= 11 is 0. The first-order valence-corrected chi connectivity index (χ1v) is 10.0. The summed E-state index contributed by atoms with van der Waals surface area (Å²) in [4.78, 5) is 9.42. The number of guanidine groups is 1. The third-order valence-electron chi connectivity index (χ3n) is 5.98. The number of benzene rings is 1. The van der Waals surface area contributed by atoms with E-state index in [9.17, 15) is 0 Å². The Bertz CT molecular complexity index is 580. The Morgan fingerprint density at radius 1 is 1.23 bits per heavy atom. The number of aliphatic imine (C=N–C) groups is 1. The molecule has 5 nitrogen and oxygen atoms in total. The number of nitrogens with zero attached hydrogens (tertiary/aromatic N) is 3. The molecule has 26 heavy (non-hydrogen) atoms. The minimum Gasteiger partial charge on any atom is -0.497 e. The van der Waals surface area contributed by atoms with Crippen LogP contribution in [0.4, 0.5) is 0 Å². The van der Waals surface area contributed by atoms with E-state index in [1.165, 1.54) is 37.7 Å². The molecule has 144 valence electrons. The molecule has 0 amide bonds. The Labute approximate surface area is 158 Å². The van der Waals surface area contributed by atoms with Gasteiger partial charge < -0.3 is 19.9 Å². The van der Waals surface area contributed by atoms with Crippen molar-refractivity contribution in [3.8, 4) is 5.75 Å². The van der Waals surface area contributed by atoms with E-state index in [0.717, 1.165) is 43.9 Å². The number of ether oxygens (including phenoxy) is 1. The van der Waals surface area contributed by atoms with Gasteiger partial charge in [-0.25, -0.2) is 0 Å². The summed E-state index contributed by atoms with van der Waals surface area (Å²) in [6.07, 6.45) is 6.69. The number of likely N-dealkylation sites (tertiary alicyclic amines) is 1. The van der Waals surface area contributed by atoms with Crippen LogP contribution >= 0.6 is 0 Å². The molecule has 5 heteroatoms. The first kappa shape index (κ1) is 19.0. The Kier molecular flexibility index (Phi) is 6.78. The minimum absolute atomic E-state index is 0.570. The Morgan fingerprint density at radius 3 is 2.62 bits per heavy atom. The predicted octanol–water partition coefficient (Wildman–Crippen LogP) is 2.93. The van der Waals surface area contributed by atoms with Crippen LogP contribution in [0.2, 0.25) is 0 Å². The van der Waals surface area contributed by atoms with Crippen LogP contribution in [0.15, 0.2) is 29.3 Å². The van der Waals surface area contributed by atoms with Crippen LogP contribution in [0.5, 0.6) is 5.75 Å². The van der Waals surface area contributed by atoms with E-state index in [1.807, 2.05) is 7.05 Å². The Hall–Kier alpha value is -1.75. The topological polar surface area (TPSA) is 40.1 Å². The second-order valence-corrected chi connectivity index (χ2v) is 7.60. The lowest BCUT2D eigenvalue weighted by Gasteiger charge is -2.26. The summed E-state index contributed by atoms with van der Waals surface area (Å²) in [7, 11) is 5.87. The third kappa shape index (κ3) is 4.70. The zero-order valence-corrected chi connectivity index (χ0v) is 16.6. The van der Waals surface area contributed by atoms with Gasteiger partial charge in [0.1, 0.15) is 5.75 Å². The summed E-state index contributed by atoms with van der Waals surface area (Å²) < 4.78 is 5.27. The summed E-state index contributed by atoms with van der Waals surface area (Å²) in [5.41, 5.74) is 1.39. The van der Waals surface area contributed by atoms with Crippen molar-refractivity contribution < 1.29 is 4.74 Å². The normalized spacial score (nSPS) is 21.6. The van der Waals surface area contributed by atoms with Gasteiger partial charge in [-0.1, -0.05) is 25.0 Å². The lowest BCUT2D eigenvalue weighted by atomic mass is 9.98. The first-order chi connectivity index (χ1) is 12.7. The smallest absolute Gasteiger partial charge is 0.193 e. The monoisotopic (exact) mass is 358 g/mol. The quantitative estimate of drug-likeness (QED) is 0.627. The maximum absolute atomic E-state index is 5.27. The molecule has 1 aliphatic carbocycles. The zero-order chi connectivity index (χ0) is 18.4. The van der Waals surface area contributed by atoms with Gasteiger partial charge in [0.2, 0.25) is 0 Å². The van der Waals surface area contributed by atoms with E-state index in [1.54, 1.807) is 7.11 Å². The minimum atomic E-state index is 0.570. The van der Waals surface area contributed by atoms with E-state index >= 15 is 0 Å². The predicted molar refractivity (Wildman–Crippen MR) is 108 cm³/mol. The Balaban J connectivity index is 1.46. The fourth-order valence-corrected chi connectivity index (χ4v) is 4.30. The summed E-state index contributed by atoms with van der Waals surface area (Å²) in [6, 6.07) is 9.29. The number of hydrogen-bond donors (Lipinski definition) is 1. The standard InChI is InChI=1S/C21H34N4O/c1-22-21(23-13-15-24(2)19-6-4-5-7-19)25-14-12-18(16-25)17-8-10-20(26-3)11-9-17/h8-11,18-19H,4-7,12-16H2,1-3H3,(H,22,23). The molecule has 0 aromatic heterocycles. The largest absolute Gasteiger partial charge is 0.497 e. The van der Waals surface area contributed by atoms with Crippen molar-refractivity contribution in [2.24, 2.45) is 4.99 Å². The maximum Gasteiger partial charge on any atom is 0.193 e. The van der Waals surface area contributed by atoms with Crippen molar-refractivity contribution in [2.45, 2.75) is 44.1 Å². The van der Waals surface area contributed by atoms with Gasteiger partial charge in [-0.05, 0) is 44.0 Å². The van der Waals surface area contributed by atoms with Crippen molar-refractivity contribution in [3.05, 3.63) is 29.8 Å². The molecule has 1 unspecified atom stereocenters. The fourth-order valence-electron chi connectivity index (χ4n) is 4.30. The van der Waals surface area contributed by atoms with Crippen LogP contribution in [-0.4, -0.2) is 69.2 Å². The zero-order valence-electron chi connectivity index (χ0n) is 16.6. The molecule has 1 heterocycles. The van der Waals surface area contributed by atoms with Crippen molar-refractivity contribution >= 4 is 5.96 Å². The highest BCUT2D eigenvalue weighted by Crippen LogP contribution is 2.28. The van der Waals surface area contributed by atoms with Gasteiger partial charge >= 0.3 is 0 Å². The van der Waals surface area contributed by atoms with Gasteiger partial charge in [-0.3, -0.25) is 4.99 Å². The van der Waals surface area contributed by atoms with Crippen LogP contribution in [0, 0.1) is 0 Å². The molecule has 1 N–H and O–H groups in total. The molecule has 3 rings (SSSR count). The van der Waals surface area contributed by atoms with E-state index in [2.05, 4.69) is 51.4 Å². The van der Waals surface area contributed by atoms with E-state index < -0.39 is 0 Å². The molecule has 1 saturated heterocycles. The van der Waals surface area contributed by atoms with Crippen molar-refractivity contribution in [3.63, 3.8) is 0 Å². The van der Waals surface area contributed by atoms with Gasteiger partial charge in [0, 0.05) is 45.2 Å². The van der Waals surface area contributed by atoms with Crippen molar-refractivity contribution in [1.82, 2.24) is 15.1 Å². The third-order valence-corrected chi connectivity index (χ3v) is 5.98. The lowest BCUT2D eigenvalue weighted by Crippen LogP contribution is -2.44. The molecular weight excluding hydrogens is 324 g/mol. The van der Waals surface area contributed by atoms with Gasteiger partial charge in [0.05, 0.1) is 7.11 Å². The highest BCUT2D eigenvalue weighted by molar-refractivity contribution is 5.80. The maximum atomic E-state index is 5.27. The average Bonchev–Trinajstić information content (AvgIpc) is 3.37. The summed E-state index contributed by atoms with van der Waals surface area (Å²) in [5.74, 6) is 2.54. The summed E-state index contributed by atoms with van der Waals surface area (Å²) in [6.45, 7) is 4.14. The molecular formula is C21H34N4O. The number of methoxy groups -OCH3 is 1. The lowest BCUT2D eigenvalue weighted by molar-refractivity contribution is 0.248. The van der Waals surface area contributed by atoms with E-state index in [0.29, 0.717) is 5.92 Å². The van der Waals surface area contributed by atoms with Gasteiger partial charge in [0.15, 0.2) is 5.96 Å². The van der Waals surface area contributed by atoms with Crippen LogP contribution in [-0.2, 0) is 0 Å². The molecule has 1 aliphatic heterocycles. The van der Waals surface area contributed by atoms with E-state index in [-0.39, 0.29) is 0 Å². The molecule has 1 aromatic rings. The van der Waals surface area contributed by atoms with Gasteiger partial charge in [0.25, 0.3) is 0 Å². The Morgan fingerprint density at radius 2 is 1.96 bits per heavy atom. The SMILES string of the molecule is CN=C(NCCN(C)C1CCCC1)N1CCC(c2ccc(OC)cc2)C1. The average molecular weight is 359 g/mol. The first-order valence-electron chi connectivity index (χ1n) is 10.0. The van der Waals surface area contributed by atoms with Gasteiger partial charge in [-0.15, -0.1) is 0 Å². The fraction of sp³-hybridized carbons (Fsp3) is 0.667. The highest BCUT2D eigenvalue weighted by Gasteiger charge is 2.26. The molecule has 2 aliphatic rings. The second kappa shape index (κ2) is 9.26. The molecule has 2 fully saturated rings.